The summed E-state index contributed by atoms with van der Waals surface area (Å²) in [6.07, 6.45) is -0.872. The van der Waals surface area contributed by atoms with Crippen LogP contribution in [0.15, 0.2) is 12.5 Å². The van der Waals surface area contributed by atoms with Crippen molar-refractivity contribution in [2.75, 3.05) is 0 Å². The Morgan fingerprint density at radius 3 is 2.00 bits per heavy atom. The normalized spacial score (nSPS) is 15.1. The maximum atomic E-state index is 12.7. The molecule has 0 radical (unpaired) electrons. The molecule has 16 nitrogen and oxygen atoms in total. The molecule has 1 rings (SSSR count). The second-order valence-corrected chi connectivity index (χ2v) is 7.60. The minimum Gasteiger partial charge on any atom is -0.481 e. The highest BCUT2D eigenvalue weighted by molar-refractivity contribution is 5.95. The summed E-state index contributed by atoms with van der Waals surface area (Å²) in [6, 6.07) is -6.26. The lowest BCUT2D eigenvalue weighted by Gasteiger charge is -2.24. The zero-order valence-corrected chi connectivity index (χ0v) is 18.6. The molecule has 1 aromatic rings. The van der Waals surface area contributed by atoms with Crippen LogP contribution < -0.4 is 21.7 Å². The van der Waals surface area contributed by atoms with Crippen molar-refractivity contribution in [2.24, 2.45) is 5.73 Å². The van der Waals surface area contributed by atoms with E-state index in [1.807, 2.05) is 0 Å². The van der Waals surface area contributed by atoms with Gasteiger partial charge in [0.15, 0.2) is 0 Å². The fourth-order valence-electron chi connectivity index (χ4n) is 2.77. The van der Waals surface area contributed by atoms with E-state index < -0.39 is 85.2 Å². The first kappa shape index (κ1) is 29.0. The van der Waals surface area contributed by atoms with Gasteiger partial charge in [0.2, 0.25) is 17.7 Å². The van der Waals surface area contributed by atoms with Crippen molar-refractivity contribution in [1.82, 2.24) is 25.9 Å². The summed E-state index contributed by atoms with van der Waals surface area (Å²) in [6.45, 7) is 1.21. The second kappa shape index (κ2) is 13.6. The van der Waals surface area contributed by atoms with Gasteiger partial charge in [-0.1, -0.05) is 0 Å². The number of H-pyrrole nitrogens is 1. The smallest absolute Gasteiger partial charge is 0.326 e. The highest BCUT2D eigenvalue weighted by Crippen LogP contribution is 2.05. The van der Waals surface area contributed by atoms with E-state index in [9.17, 15) is 39.0 Å². The van der Waals surface area contributed by atoms with Crippen LogP contribution in [0.25, 0.3) is 0 Å². The summed E-state index contributed by atoms with van der Waals surface area (Å²) < 4.78 is 0. The third-order valence-electron chi connectivity index (χ3n) is 4.71. The molecule has 0 spiro atoms. The topological polar surface area (TPSA) is 274 Å². The number of aromatic amines is 1. The summed E-state index contributed by atoms with van der Waals surface area (Å²) in [4.78, 5) is 77.6. The molecule has 35 heavy (non-hydrogen) atoms. The highest BCUT2D eigenvalue weighted by atomic mass is 16.4. The lowest BCUT2D eigenvalue weighted by Crippen LogP contribution is -2.58. The predicted octanol–water partition coefficient (Wildman–Crippen LogP) is -3.46. The van der Waals surface area contributed by atoms with Crippen molar-refractivity contribution in [3.8, 4) is 0 Å². The van der Waals surface area contributed by atoms with Gasteiger partial charge < -0.3 is 47.1 Å². The number of hydrogen-bond donors (Lipinski definition) is 9. The van der Waals surface area contributed by atoms with Gasteiger partial charge in [-0.2, -0.15) is 0 Å². The Balaban J connectivity index is 3.02. The van der Waals surface area contributed by atoms with Crippen molar-refractivity contribution >= 4 is 35.6 Å². The molecule has 1 aromatic heterocycles. The number of nitrogens with one attached hydrogen (secondary N) is 4. The first-order chi connectivity index (χ1) is 16.3. The van der Waals surface area contributed by atoms with E-state index in [2.05, 4.69) is 25.9 Å². The average Bonchev–Trinajstić information content (AvgIpc) is 3.27. The Hall–Kier alpha value is -4.05. The lowest BCUT2D eigenvalue weighted by atomic mass is 10.1. The quantitative estimate of drug-likeness (QED) is 0.114. The summed E-state index contributed by atoms with van der Waals surface area (Å²) in [7, 11) is 0. The SMILES string of the molecule is CC(O)C(N)C(=O)NC(CCC(=O)O)C(=O)NC(CC(=O)O)C(=O)NC(Cc1cnc[nH]1)C(=O)O. The van der Waals surface area contributed by atoms with Gasteiger partial charge in [-0.15, -0.1) is 0 Å². The Kier molecular flexibility index (Phi) is 11.3. The molecular weight excluding hydrogens is 472 g/mol. The van der Waals surface area contributed by atoms with E-state index >= 15 is 0 Å². The van der Waals surface area contributed by atoms with Crippen LogP contribution in [0.1, 0.15) is 31.9 Å². The Morgan fingerprint density at radius 2 is 1.51 bits per heavy atom. The van der Waals surface area contributed by atoms with E-state index in [4.69, 9.17) is 15.9 Å². The van der Waals surface area contributed by atoms with Crippen molar-refractivity contribution in [3.63, 3.8) is 0 Å². The molecule has 0 aliphatic carbocycles. The monoisotopic (exact) mass is 500 g/mol. The van der Waals surface area contributed by atoms with Gasteiger partial charge in [0.25, 0.3) is 0 Å². The zero-order valence-electron chi connectivity index (χ0n) is 18.6. The Labute approximate surface area is 198 Å². The van der Waals surface area contributed by atoms with E-state index in [0.29, 0.717) is 5.69 Å². The Morgan fingerprint density at radius 1 is 0.943 bits per heavy atom. The third-order valence-corrected chi connectivity index (χ3v) is 4.71. The number of aromatic nitrogens is 2. The van der Waals surface area contributed by atoms with Crippen LogP contribution in [0.5, 0.6) is 0 Å². The van der Waals surface area contributed by atoms with Crippen molar-refractivity contribution in [2.45, 2.75) is 62.9 Å². The van der Waals surface area contributed by atoms with E-state index in [1.165, 1.54) is 19.4 Å². The van der Waals surface area contributed by atoms with Gasteiger partial charge in [-0.25, -0.2) is 9.78 Å². The van der Waals surface area contributed by atoms with Crippen LogP contribution in [0.4, 0.5) is 0 Å². The number of imidazole rings is 1. The van der Waals surface area contributed by atoms with Crippen LogP contribution in [0, 0.1) is 0 Å². The van der Waals surface area contributed by atoms with Crippen LogP contribution in [-0.4, -0.2) is 96.3 Å². The Bertz CT molecular complexity index is 919. The van der Waals surface area contributed by atoms with Crippen LogP contribution in [-0.2, 0) is 35.2 Å². The van der Waals surface area contributed by atoms with Gasteiger partial charge in [0, 0.05) is 24.7 Å². The maximum Gasteiger partial charge on any atom is 0.326 e. The van der Waals surface area contributed by atoms with Crippen LogP contribution >= 0.6 is 0 Å². The summed E-state index contributed by atoms with van der Waals surface area (Å²) >= 11 is 0. The number of nitrogens with zero attached hydrogens (tertiary/aromatic N) is 1. The fourth-order valence-corrected chi connectivity index (χ4v) is 2.77. The number of hydrogen-bond acceptors (Lipinski definition) is 9. The van der Waals surface area contributed by atoms with Crippen molar-refractivity contribution in [1.29, 1.82) is 0 Å². The van der Waals surface area contributed by atoms with Crippen molar-refractivity contribution < 1.29 is 49.2 Å². The molecule has 16 heteroatoms. The number of carbonyl (C=O) groups excluding carboxylic acids is 3. The molecule has 0 aliphatic rings. The number of rotatable bonds is 15. The fraction of sp³-hybridized carbons (Fsp3) is 0.526. The molecule has 0 saturated heterocycles. The average molecular weight is 500 g/mol. The molecule has 5 atom stereocenters. The number of nitrogens with two attached hydrogens (primary N) is 1. The number of amides is 3. The molecule has 5 unspecified atom stereocenters. The number of carboxylic acids is 3. The van der Waals surface area contributed by atoms with E-state index in [1.54, 1.807) is 0 Å². The molecule has 0 aliphatic heterocycles. The van der Waals surface area contributed by atoms with E-state index in [0.717, 1.165) is 0 Å². The van der Waals surface area contributed by atoms with Gasteiger partial charge in [-0.3, -0.25) is 24.0 Å². The number of carbonyl (C=O) groups is 6. The number of aliphatic carboxylic acids is 3. The minimum atomic E-state index is -1.77. The molecule has 3 amide bonds. The lowest BCUT2D eigenvalue weighted by molar-refractivity contribution is -0.143. The number of aliphatic hydroxyl groups is 1. The van der Waals surface area contributed by atoms with Crippen LogP contribution in [0.3, 0.4) is 0 Å². The first-order valence-corrected chi connectivity index (χ1v) is 10.3. The molecule has 194 valence electrons. The zero-order chi connectivity index (χ0) is 26.7. The number of aliphatic hydroxyl groups excluding tert-OH is 1. The minimum absolute atomic E-state index is 0.219. The van der Waals surface area contributed by atoms with Crippen LogP contribution in [0.2, 0.25) is 0 Å². The molecule has 0 aromatic carbocycles. The molecule has 0 saturated carbocycles. The van der Waals surface area contributed by atoms with Crippen molar-refractivity contribution in [3.05, 3.63) is 18.2 Å². The predicted molar refractivity (Wildman–Crippen MR) is 114 cm³/mol. The maximum absolute atomic E-state index is 12.7. The number of carboxylic acid groups (broad SMARTS) is 3. The molecule has 0 bridgehead atoms. The third kappa shape index (κ3) is 10.2. The summed E-state index contributed by atoms with van der Waals surface area (Å²) in [5, 5.41) is 43.3. The van der Waals surface area contributed by atoms with Gasteiger partial charge in [-0.05, 0) is 13.3 Å². The standard InChI is InChI=1S/C19H28N6O10/c1-8(26)15(20)18(33)23-10(2-3-13(27)28)16(31)24-11(5-14(29)30)17(32)25-12(19(34)35)4-9-6-21-7-22-9/h6-8,10-12,15,26H,2-5,20H2,1H3,(H,21,22)(H,23,33)(H,24,31)(H,25,32)(H,27,28)(H,29,30)(H,34,35). The van der Waals surface area contributed by atoms with Gasteiger partial charge in [0.1, 0.15) is 24.2 Å². The van der Waals surface area contributed by atoms with Gasteiger partial charge >= 0.3 is 17.9 Å². The van der Waals surface area contributed by atoms with Gasteiger partial charge in [0.05, 0.1) is 18.9 Å². The summed E-state index contributed by atoms with van der Waals surface area (Å²) in [5.74, 6) is -7.49. The first-order valence-electron chi connectivity index (χ1n) is 10.3. The summed E-state index contributed by atoms with van der Waals surface area (Å²) in [5.41, 5.74) is 5.87. The second-order valence-electron chi connectivity index (χ2n) is 7.60. The van der Waals surface area contributed by atoms with E-state index in [-0.39, 0.29) is 6.42 Å². The molecule has 1 heterocycles. The molecule has 0 fully saturated rings. The molecular formula is C19H28N6O10. The molecule has 10 N–H and O–H groups in total. The highest BCUT2D eigenvalue weighted by Gasteiger charge is 2.32. The largest absolute Gasteiger partial charge is 0.481 e.